The van der Waals surface area contributed by atoms with E-state index in [0.29, 0.717) is 11.1 Å². The van der Waals surface area contributed by atoms with Gasteiger partial charge in [-0.1, -0.05) is 17.7 Å². The molecule has 5 nitrogen and oxygen atoms in total. The summed E-state index contributed by atoms with van der Waals surface area (Å²) in [5.74, 6) is 0.529. The van der Waals surface area contributed by atoms with E-state index in [1.165, 1.54) is 5.56 Å². The Balaban J connectivity index is 1.84. The number of rotatable bonds is 4. The molecule has 0 amide bonds. The number of fused-ring (bicyclic) bond motifs is 3. The van der Waals surface area contributed by atoms with Crippen LogP contribution in [0.2, 0.25) is 5.02 Å². The molecule has 0 radical (unpaired) electrons. The van der Waals surface area contributed by atoms with Crippen LogP contribution in [0.15, 0.2) is 42.7 Å². The van der Waals surface area contributed by atoms with Crippen molar-refractivity contribution >= 4 is 29.0 Å². The highest BCUT2D eigenvalue weighted by Gasteiger charge is 2.29. The number of hydrogen-bond acceptors (Lipinski definition) is 4. The van der Waals surface area contributed by atoms with Crippen molar-refractivity contribution in [2.24, 2.45) is 0 Å². The summed E-state index contributed by atoms with van der Waals surface area (Å²) in [5.41, 5.74) is 5.34. The van der Waals surface area contributed by atoms with Gasteiger partial charge in [0.05, 0.1) is 16.9 Å². The van der Waals surface area contributed by atoms with Crippen molar-refractivity contribution < 1.29 is 4.74 Å². The number of pyridine rings is 1. The minimum atomic E-state index is 0.224. The zero-order valence-electron chi connectivity index (χ0n) is 17.6. The number of aromatic nitrogens is 3. The summed E-state index contributed by atoms with van der Waals surface area (Å²) >= 11 is 11.9. The van der Waals surface area contributed by atoms with E-state index < -0.39 is 0 Å². The van der Waals surface area contributed by atoms with Gasteiger partial charge in [0.15, 0.2) is 0 Å². The largest absolute Gasteiger partial charge is 0.410 e. The third kappa shape index (κ3) is 3.82. The van der Waals surface area contributed by atoms with E-state index >= 15 is 0 Å². The smallest absolute Gasteiger partial charge is 0.266 e. The summed E-state index contributed by atoms with van der Waals surface area (Å²) in [6, 6.07) is 10.3. The normalized spacial score (nSPS) is 12.6. The maximum absolute atomic E-state index is 6.26. The van der Waals surface area contributed by atoms with Gasteiger partial charge >= 0.3 is 0 Å². The zero-order chi connectivity index (χ0) is 21.4. The van der Waals surface area contributed by atoms with Gasteiger partial charge in [0.2, 0.25) is 5.88 Å². The van der Waals surface area contributed by atoms with Gasteiger partial charge in [-0.25, -0.2) is 4.68 Å². The van der Waals surface area contributed by atoms with Crippen LogP contribution in [0.25, 0.3) is 16.8 Å². The van der Waals surface area contributed by atoms with Crippen molar-refractivity contribution in [3.8, 4) is 22.7 Å². The first-order valence-electron chi connectivity index (χ1n) is 10.2. The third-order valence-electron chi connectivity index (χ3n) is 5.33. The van der Waals surface area contributed by atoms with Gasteiger partial charge < -0.3 is 9.64 Å². The minimum absolute atomic E-state index is 0.224. The molecule has 0 fully saturated rings. The van der Waals surface area contributed by atoms with E-state index in [4.69, 9.17) is 33.7 Å². The minimum Gasteiger partial charge on any atom is -0.410 e. The van der Waals surface area contributed by atoms with Crippen LogP contribution in [0, 0.1) is 0 Å². The first-order chi connectivity index (χ1) is 14.4. The molecule has 1 aliphatic rings. The van der Waals surface area contributed by atoms with E-state index in [0.717, 1.165) is 40.4 Å². The van der Waals surface area contributed by atoms with Crippen molar-refractivity contribution in [1.82, 2.24) is 19.7 Å². The van der Waals surface area contributed by atoms with Gasteiger partial charge in [-0.05, 0) is 88.1 Å². The maximum atomic E-state index is 6.26. The lowest BCUT2D eigenvalue weighted by Gasteiger charge is -2.32. The Morgan fingerprint density at radius 2 is 1.80 bits per heavy atom. The SMILES string of the molecule is CC(C)N(C(=S)Oc1nn(-c2ccncc2)c2c1-c1ccc(Cl)cc1CC2)C(C)C. The van der Waals surface area contributed by atoms with Gasteiger partial charge in [0.1, 0.15) is 0 Å². The fourth-order valence-electron chi connectivity index (χ4n) is 4.12. The van der Waals surface area contributed by atoms with Crippen LogP contribution in [-0.4, -0.2) is 36.9 Å². The number of benzene rings is 1. The third-order valence-corrected chi connectivity index (χ3v) is 5.86. The Morgan fingerprint density at radius 1 is 1.10 bits per heavy atom. The Bertz CT molecular complexity index is 1070. The summed E-state index contributed by atoms with van der Waals surface area (Å²) in [5, 5.41) is 6.02. The molecule has 156 valence electrons. The Hall–Kier alpha value is -2.44. The Kier molecular flexibility index (Phi) is 5.80. The molecular formula is C23H25ClN4OS. The summed E-state index contributed by atoms with van der Waals surface area (Å²) in [6.45, 7) is 8.44. The lowest BCUT2D eigenvalue weighted by Crippen LogP contribution is -2.43. The fraction of sp³-hybridized carbons (Fsp3) is 0.348. The lowest BCUT2D eigenvalue weighted by molar-refractivity contribution is 0.252. The molecule has 30 heavy (non-hydrogen) atoms. The Morgan fingerprint density at radius 3 is 2.47 bits per heavy atom. The van der Waals surface area contributed by atoms with Crippen LogP contribution in [0.4, 0.5) is 0 Å². The molecule has 0 spiro atoms. The molecule has 1 aliphatic carbocycles. The van der Waals surface area contributed by atoms with Gasteiger partial charge in [-0.3, -0.25) is 4.98 Å². The highest BCUT2D eigenvalue weighted by Crippen LogP contribution is 2.42. The van der Waals surface area contributed by atoms with Gasteiger partial charge in [0.25, 0.3) is 5.17 Å². The van der Waals surface area contributed by atoms with E-state index in [1.54, 1.807) is 12.4 Å². The average molecular weight is 441 g/mol. The van der Waals surface area contributed by atoms with Crippen molar-refractivity contribution in [3.63, 3.8) is 0 Å². The van der Waals surface area contributed by atoms with Crippen molar-refractivity contribution in [3.05, 3.63) is 59.0 Å². The topological polar surface area (TPSA) is 43.2 Å². The van der Waals surface area contributed by atoms with E-state index in [9.17, 15) is 0 Å². The monoisotopic (exact) mass is 440 g/mol. The molecule has 4 rings (SSSR count). The molecule has 2 aromatic heterocycles. The number of aryl methyl sites for hydroxylation is 1. The standard InChI is InChI=1S/C23H25ClN4OS/c1-14(2)27(15(3)4)23(30)29-22-21-19-7-6-17(24)13-16(19)5-8-20(21)28(26-22)18-9-11-25-12-10-18/h6-7,9-15H,5,8H2,1-4H3. The Labute approximate surface area is 187 Å². The second-order valence-electron chi connectivity index (χ2n) is 8.01. The van der Waals surface area contributed by atoms with Crippen molar-refractivity contribution in [1.29, 1.82) is 0 Å². The van der Waals surface area contributed by atoms with Gasteiger partial charge in [-0.15, -0.1) is 5.10 Å². The quantitative estimate of drug-likeness (QED) is 0.503. The molecule has 2 heterocycles. The van der Waals surface area contributed by atoms with Crippen LogP contribution in [0.3, 0.4) is 0 Å². The van der Waals surface area contributed by atoms with E-state index in [2.05, 4.69) is 37.6 Å². The predicted molar refractivity (Wildman–Crippen MR) is 125 cm³/mol. The van der Waals surface area contributed by atoms with Crippen LogP contribution in [0.5, 0.6) is 5.88 Å². The molecule has 0 saturated heterocycles. The molecule has 0 atom stereocenters. The number of thiocarbonyl (C=S) groups is 1. The second-order valence-corrected chi connectivity index (χ2v) is 8.79. The highest BCUT2D eigenvalue weighted by molar-refractivity contribution is 7.80. The molecule has 0 unspecified atom stereocenters. The number of nitrogens with zero attached hydrogens (tertiary/aromatic N) is 4. The molecule has 0 aliphatic heterocycles. The van der Waals surface area contributed by atoms with Crippen LogP contribution in [0.1, 0.15) is 39.0 Å². The summed E-state index contributed by atoms with van der Waals surface area (Å²) < 4.78 is 8.21. The highest BCUT2D eigenvalue weighted by atomic mass is 35.5. The van der Waals surface area contributed by atoms with Gasteiger partial charge in [0, 0.05) is 29.5 Å². The molecular weight excluding hydrogens is 416 g/mol. The molecule has 0 bridgehead atoms. The molecule has 0 saturated carbocycles. The summed E-state index contributed by atoms with van der Waals surface area (Å²) in [6.07, 6.45) is 5.27. The summed E-state index contributed by atoms with van der Waals surface area (Å²) in [7, 11) is 0. The second kappa shape index (κ2) is 8.36. The zero-order valence-corrected chi connectivity index (χ0v) is 19.2. The first-order valence-corrected chi connectivity index (χ1v) is 11.0. The number of halogens is 1. The predicted octanol–water partition coefficient (Wildman–Crippen LogP) is 5.47. The molecule has 3 aromatic rings. The first kappa shape index (κ1) is 20.8. The number of hydrogen-bond donors (Lipinski definition) is 0. The average Bonchev–Trinajstić information content (AvgIpc) is 3.06. The van der Waals surface area contributed by atoms with Crippen LogP contribution >= 0.6 is 23.8 Å². The van der Waals surface area contributed by atoms with Crippen molar-refractivity contribution in [2.75, 3.05) is 0 Å². The fourth-order valence-corrected chi connectivity index (χ4v) is 4.82. The molecule has 7 heteroatoms. The summed E-state index contributed by atoms with van der Waals surface area (Å²) in [4.78, 5) is 6.21. The van der Waals surface area contributed by atoms with Crippen molar-refractivity contribution in [2.45, 2.75) is 52.6 Å². The number of ether oxygens (including phenoxy) is 1. The molecule has 0 N–H and O–H groups in total. The van der Waals surface area contributed by atoms with E-state index in [-0.39, 0.29) is 12.1 Å². The van der Waals surface area contributed by atoms with Crippen LogP contribution < -0.4 is 4.74 Å². The molecule has 1 aromatic carbocycles. The van der Waals surface area contributed by atoms with E-state index in [1.807, 2.05) is 35.0 Å². The lowest BCUT2D eigenvalue weighted by atomic mass is 9.89. The maximum Gasteiger partial charge on any atom is 0.266 e. The van der Waals surface area contributed by atoms with Crippen LogP contribution in [-0.2, 0) is 12.8 Å². The van der Waals surface area contributed by atoms with Gasteiger partial charge in [-0.2, -0.15) is 0 Å².